The molecule has 2 amide bonds. The molecule has 0 aliphatic carbocycles. The Morgan fingerprint density at radius 1 is 1.14 bits per heavy atom. The Bertz CT molecular complexity index is 943. The number of benzene rings is 2. The quantitative estimate of drug-likeness (QED) is 0.501. The Hall–Kier alpha value is -1.95. The molecular formula is C21H19Cl2NO3S. The molecule has 2 aromatic rings. The molecule has 0 atom stereocenters. The first kappa shape index (κ1) is 20.8. The smallest absolute Gasteiger partial charge is 0.293 e. The van der Waals surface area contributed by atoms with Gasteiger partial charge in [0, 0.05) is 27.7 Å². The van der Waals surface area contributed by atoms with E-state index in [-0.39, 0.29) is 23.7 Å². The van der Waals surface area contributed by atoms with Gasteiger partial charge >= 0.3 is 0 Å². The number of ether oxygens (including phenoxy) is 1. The molecule has 0 N–H and O–H groups in total. The van der Waals surface area contributed by atoms with Crippen LogP contribution in [0.3, 0.4) is 0 Å². The minimum Gasteiger partial charge on any atom is -0.488 e. The summed E-state index contributed by atoms with van der Waals surface area (Å²) in [4.78, 5) is 26.4. The first-order valence-corrected chi connectivity index (χ1v) is 10.3. The van der Waals surface area contributed by atoms with Crippen LogP contribution in [0.15, 0.2) is 47.4 Å². The van der Waals surface area contributed by atoms with Crippen molar-refractivity contribution in [3.63, 3.8) is 0 Å². The summed E-state index contributed by atoms with van der Waals surface area (Å²) in [7, 11) is 0. The Balaban J connectivity index is 1.80. The molecule has 28 heavy (non-hydrogen) atoms. The summed E-state index contributed by atoms with van der Waals surface area (Å²) in [6, 6.07) is 12.6. The van der Waals surface area contributed by atoms with Crippen molar-refractivity contribution in [1.82, 2.24) is 4.90 Å². The zero-order valence-corrected chi connectivity index (χ0v) is 17.8. The average Bonchev–Trinajstić information content (AvgIpc) is 2.89. The number of rotatable bonds is 6. The fourth-order valence-electron chi connectivity index (χ4n) is 2.69. The highest BCUT2D eigenvalue weighted by Gasteiger charge is 2.35. The molecule has 3 rings (SSSR count). The molecule has 1 saturated heterocycles. The maximum absolute atomic E-state index is 12.6. The third kappa shape index (κ3) is 4.90. The molecule has 1 heterocycles. The minimum atomic E-state index is -0.265. The van der Waals surface area contributed by atoms with Crippen LogP contribution in [-0.4, -0.2) is 22.6 Å². The van der Waals surface area contributed by atoms with E-state index in [2.05, 4.69) is 0 Å². The van der Waals surface area contributed by atoms with E-state index in [1.165, 1.54) is 4.90 Å². The topological polar surface area (TPSA) is 46.6 Å². The van der Waals surface area contributed by atoms with E-state index in [0.29, 0.717) is 27.2 Å². The number of para-hydroxylation sites is 1. The molecule has 0 aromatic heterocycles. The molecule has 0 unspecified atom stereocenters. The predicted octanol–water partition coefficient (Wildman–Crippen LogP) is 6.26. The highest BCUT2D eigenvalue weighted by Crippen LogP contribution is 2.34. The normalized spacial score (nSPS) is 15.8. The summed E-state index contributed by atoms with van der Waals surface area (Å²) in [5.41, 5.74) is 1.53. The second-order valence-electron chi connectivity index (χ2n) is 6.75. The van der Waals surface area contributed by atoms with Crippen LogP contribution in [0, 0.1) is 5.92 Å². The molecule has 1 fully saturated rings. The second kappa shape index (κ2) is 9.03. The maximum Gasteiger partial charge on any atom is 0.293 e. The van der Waals surface area contributed by atoms with Gasteiger partial charge in [-0.25, -0.2) is 0 Å². The van der Waals surface area contributed by atoms with Gasteiger partial charge in [0.05, 0.1) is 4.91 Å². The first-order chi connectivity index (χ1) is 13.3. The lowest BCUT2D eigenvalue weighted by Crippen LogP contribution is -2.31. The van der Waals surface area contributed by atoms with E-state index in [1.54, 1.807) is 18.2 Å². The number of nitrogens with zero attached hydrogens (tertiary/aromatic N) is 1. The van der Waals surface area contributed by atoms with Crippen LogP contribution >= 0.6 is 35.0 Å². The minimum absolute atomic E-state index is 0.215. The fraction of sp³-hybridized carbons (Fsp3) is 0.238. The van der Waals surface area contributed by atoms with Gasteiger partial charge in [0.2, 0.25) is 0 Å². The van der Waals surface area contributed by atoms with Crippen molar-refractivity contribution in [3.8, 4) is 5.75 Å². The maximum atomic E-state index is 12.6. The zero-order chi connectivity index (χ0) is 20.3. The zero-order valence-electron chi connectivity index (χ0n) is 15.4. The molecule has 1 aliphatic rings. The lowest BCUT2D eigenvalue weighted by molar-refractivity contribution is -0.123. The molecule has 0 bridgehead atoms. The van der Waals surface area contributed by atoms with Gasteiger partial charge < -0.3 is 4.74 Å². The van der Waals surface area contributed by atoms with Crippen LogP contribution < -0.4 is 4.74 Å². The van der Waals surface area contributed by atoms with E-state index in [4.69, 9.17) is 27.9 Å². The van der Waals surface area contributed by atoms with Gasteiger partial charge in [0.1, 0.15) is 12.4 Å². The number of carbonyl (C=O) groups excluding carboxylic acids is 2. The van der Waals surface area contributed by atoms with E-state index in [1.807, 2.05) is 44.2 Å². The summed E-state index contributed by atoms with van der Waals surface area (Å²) in [6.07, 6.45) is 1.70. The third-order valence-corrected chi connectivity index (χ3v) is 5.52. The number of carbonyl (C=O) groups is 2. The number of thioether (sulfide) groups is 1. The van der Waals surface area contributed by atoms with E-state index < -0.39 is 0 Å². The standard InChI is InChI=1S/C21H19Cl2NO3S/c1-13(2)11-24-20(25)19(28-21(24)26)9-14-5-3-4-6-18(14)27-12-15-7-8-16(22)10-17(15)23/h3-10,13H,11-12H2,1-2H3/b19-9+. The molecule has 4 nitrogen and oxygen atoms in total. The highest BCUT2D eigenvalue weighted by atomic mass is 35.5. The predicted molar refractivity (Wildman–Crippen MR) is 115 cm³/mol. The van der Waals surface area contributed by atoms with Gasteiger partial charge in [-0.05, 0) is 42.0 Å². The monoisotopic (exact) mass is 435 g/mol. The number of halogens is 2. The Kier molecular flexibility index (Phi) is 6.70. The fourth-order valence-corrected chi connectivity index (χ4v) is 3.99. The summed E-state index contributed by atoms with van der Waals surface area (Å²) in [5.74, 6) is 0.552. The van der Waals surface area contributed by atoms with Crippen LogP contribution in [-0.2, 0) is 11.4 Å². The van der Waals surface area contributed by atoms with Crippen molar-refractivity contribution in [2.24, 2.45) is 5.92 Å². The van der Waals surface area contributed by atoms with E-state index >= 15 is 0 Å². The largest absolute Gasteiger partial charge is 0.488 e. The number of imide groups is 1. The van der Waals surface area contributed by atoms with Gasteiger partial charge in [-0.15, -0.1) is 0 Å². The van der Waals surface area contributed by atoms with Crippen LogP contribution in [0.25, 0.3) is 6.08 Å². The molecule has 2 aromatic carbocycles. The van der Waals surface area contributed by atoms with Crippen molar-refractivity contribution in [2.45, 2.75) is 20.5 Å². The summed E-state index contributed by atoms with van der Waals surface area (Å²) in [6.45, 7) is 4.61. The molecule has 1 aliphatic heterocycles. The molecule has 0 spiro atoms. The summed E-state index contributed by atoms with van der Waals surface area (Å²) >= 11 is 13.1. The van der Waals surface area contributed by atoms with E-state index in [0.717, 1.165) is 22.9 Å². The van der Waals surface area contributed by atoms with Crippen molar-refractivity contribution >= 4 is 52.2 Å². The number of hydrogen-bond donors (Lipinski definition) is 0. The molecule has 0 saturated carbocycles. The van der Waals surface area contributed by atoms with Crippen LogP contribution in [0.2, 0.25) is 10.0 Å². The highest BCUT2D eigenvalue weighted by molar-refractivity contribution is 8.18. The van der Waals surface area contributed by atoms with Crippen LogP contribution in [0.4, 0.5) is 4.79 Å². The van der Waals surface area contributed by atoms with Gasteiger partial charge in [-0.2, -0.15) is 0 Å². The van der Waals surface area contributed by atoms with E-state index in [9.17, 15) is 9.59 Å². The average molecular weight is 436 g/mol. The second-order valence-corrected chi connectivity index (χ2v) is 8.59. The Morgan fingerprint density at radius 3 is 2.61 bits per heavy atom. The van der Waals surface area contributed by atoms with Crippen LogP contribution in [0.5, 0.6) is 5.75 Å². The summed E-state index contributed by atoms with van der Waals surface area (Å²) in [5, 5.41) is 0.849. The first-order valence-electron chi connectivity index (χ1n) is 8.76. The van der Waals surface area contributed by atoms with Gasteiger partial charge in [-0.3, -0.25) is 14.5 Å². The van der Waals surface area contributed by atoms with Crippen molar-refractivity contribution in [2.75, 3.05) is 6.54 Å². The lowest BCUT2D eigenvalue weighted by atomic mass is 10.1. The van der Waals surface area contributed by atoms with Crippen molar-refractivity contribution < 1.29 is 14.3 Å². The van der Waals surface area contributed by atoms with Gasteiger partial charge in [0.15, 0.2) is 0 Å². The van der Waals surface area contributed by atoms with Crippen molar-refractivity contribution in [1.29, 1.82) is 0 Å². The molecule has 7 heteroatoms. The Labute approximate surface area is 178 Å². The third-order valence-electron chi connectivity index (χ3n) is 4.03. The van der Waals surface area contributed by atoms with Crippen molar-refractivity contribution in [3.05, 3.63) is 68.5 Å². The number of hydrogen-bond acceptors (Lipinski definition) is 4. The Morgan fingerprint density at radius 2 is 1.89 bits per heavy atom. The number of amides is 2. The van der Waals surface area contributed by atoms with Gasteiger partial charge in [0.25, 0.3) is 11.1 Å². The lowest BCUT2D eigenvalue weighted by Gasteiger charge is -2.14. The SMILES string of the molecule is CC(C)CN1C(=O)S/C(=C/c2ccccc2OCc2ccc(Cl)cc2Cl)C1=O. The van der Waals surface area contributed by atoms with Crippen LogP contribution in [0.1, 0.15) is 25.0 Å². The molecule has 146 valence electrons. The molecule has 0 radical (unpaired) electrons. The van der Waals surface area contributed by atoms with Gasteiger partial charge in [-0.1, -0.05) is 61.3 Å². The summed E-state index contributed by atoms with van der Waals surface area (Å²) < 4.78 is 5.92. The molecular weight excluding hydrogens is 417 g/mol.